The summed E-state index contributed by atoms with van der Waals surface area (Å²) < 4.78 is 0. The fourth-order valence-electron chi connectivity index (χ4n) is 2.34. The number of nitrogens with zero attached hydrogens (tertiary/aromatic N) is 1. The summed E-state index contributed by atoms with van der Waals surface area (Å²) in [6, 6.07) is 4.92. The number of amides is 1. The molecule has 1 atom stereocenters. The third-order valence-corrected chi connectivity index (χ3v) is 3.88. The first-order valence-electron chi connectivity index (χ1n) is 6.57. The van der Waals surface area contributed by atoms with Gasteiger partial charge in [-0.15, -0.1) is 0 Å². The number of hydrogen-bond acceptors (Lipinski definition) is 2. The topological polar surface area (TPSA) is 32.3 Å². The summed E-state index contributed by atoms with van der Waals surface area (Å²) in [5.41, 5.74) is 0.645. The van der Waals surface area contributed by atoms with Crippen LogP contribution in [0.5, 0.6) is 0 Å². The van der Waals surface area contributed by atoms with Crippen LogP contribution < -0.4 is 5.32 Å². The Balaban J connectivity index is 1.99. The van der Waals surface area contributed by atoms with Crippen LogP contribution in [0.25, 0.3) is 0 Å². The molecule has 0 aliphatic carbocycles. The molecule has 1 aromatic rings. The van der Waals surface area contributed by atoms with E-state index in [-0.39, 0.29) is 11.9 Å². The molecule has 1 amide bonds. The van der Waals surface area contributed by atoms with E-state index >= 15 is 0 Å². The second-order valence-corrected chi connectivity index (χ2v) is 5.79. The van der Waals surface area contributed by atoms with E-state index in [0.717, 1.165) is 13.1 Å². The van der Waals surface area contributed by atoms with Gasteiger partial charge < -0.3 is 5.32 Å². The van der Waals surface area contributed by atoms with E-state index < -0.39 is 0 Å². The van der Waals surface area contributed by atoms with Gasteiger partial charge in [-0.25, -0.2) is 0 Å². The van der Waals surface area contributed by atoms with Gasteiger partial charge in [0.15, 0.2) is 0 Å². The Labute approximate surface area is 123 Å². The maximum absolute atomic E-state index is 12.2. The minimum Gasteiger partial charge on any atom is -0.325 e. The molecule has 5 heteroatoms. The Bertz CT molecular complexity index is 439. The van der Waals surface area contributed by atoms with Crippen molar-refractivity contribution in [2.24, 2.45) is 0 Å². The average Bonchev–Trinajstić information content (AvgIpc) is 2.37. The molecule has 1 heterocycles. The van der Waals surface area contributed by atoms with Gasteiger partial charge in [-0.2, -0.15) is 0 Å². The van der Waals surface area contributed by atoms with Crippen molar-refractivity contribution in [3.05, 3.63) is 28.2 Å². The van der Waals surface area contributed by atoms with Crippen molar-refractivity contribution >= 4 is 34.8 Å². The van der Waals surface area contributed by atoms with Crippen molar-refractivity contribution in [1.82, 2.24) is 4.90 Å². The first-order chi connectivity index (χ1) is 9.06. The summed E-state index contributed by atoms with van der Waals surface area (Å²) in [5.74, 6) is -0.0137. The lowest BCUT2D eigenvalue weighted by atomic mass is 10.1. The molecule has 0 radical (unpaired) electrons. The number of piperidine rings is 1. The number of carbonyl (C=O) groups excluding carboxylic acids is 1. The molecule has 1 fully saturated rings. The van der Waals surface area contributed by atoms with Crippen molar-refractivity contribution in [1.29, 1.82) is 0 Å². The predicted octanol–water partition coefficient (Wildman–Crippen LogP) is 3.81. The van der Waals surface area contributed by atoms with E-state index in [9.17, 15) is 4.79 Å². The van der Waals surface area contributed by atoms with Gasteiger partial charge in [0.05, 0.1) is 6.04 Å². The van der Waals surface area contributed by atoms with Crippen molar-refractivity contribution < 1.29 is 4.79 Å². The number of halogens is 2. The lowest BCUT2D eigenvalue weighted by Gasteiger charge is -2.31. The van der Waals surface area contributed by atoms with Gasteiger partial charge in [0.1, 0.15) is 0 Å². The lowest BCUT2D eigenvalue weighted by molar-refractivity contribution is -0.121. The van der Waals surface area contributed by atoms with E-state index in [1.54, 1.807) is 18.2 Å². The largest absolute Gasteiger partial charge is 0.325 e. The number of hydrogen-bond donors (Lipinski definition) is 1. The predicted molar refractivity (Wildman–Crippen MR) is 80.0 cm³/mol. The molecule has 3 nitrogen and oxygen atoms in total. The van der Waals surface area contributed by atoms with Crippen molar-refractivity contribution in [2.75, 3.05) is 18.4 Å². The minimum atomic E-state index is -0.127. The van der Waals surface area contributed by atoms with Crippen LogP contribution in [0.2, 0.25) is 10.0 Å². The molecular weight excluding hydrogens is 283 g/mol. The quantitative estimate of drug-likeness (QED) is 0.921. The Morgan fingerprint density at radius 2 is 1.74 bits per heavy atom. The molecule has 1 saturated heterocycles. The summed E-state index contributed by atoms with van der Waals surface area (Å²) in [7, 11) is 0. The number of anilines is 1. The van der Waals surface area contributed by atoms with Crippen LogP contribution in [-0.4, -0.2) is 29.9 Å². The van der Waals surface area contributed by atoms with Crippen molar-refractivity contribution in [2.45, 2.75) is 32.2 Å². The Kier molecular flexibility index (Phi) is 5.08. The highest BCUT2D eigenvalue weighted by Crippen LogP contribution is 2.23. The zero-order valence-corrected chi connectivity index (χ0v) is 12.5. The second-order valence-electron chi connectivity index (χ2n) is 4.92. The molecule has 1 aliphatic rings. The molecule has 1 aromatic carbocycles. The molecular formula is C14H18Cl2N2O. The minimum absolute atomic E-state index is 0.0137. The molecule has 104 valence electrons. The molecule has 0 aromatic heterocycles. The highest BCUT2D eigenvalue weighted by Gasteiger charge is 2.22. The number of benzene rings is 1. The summed E-state index contributed by atoms with van der Waals surface area (Å²) in [6.45, 7) is 3.92. The van der Waals surface area contributed by atoms with E-state index in [0.29, 0.717) is 15.7 Å². The standard InChI is InChI=1S/C14H18Cl2N2O/c1-10(18-5-3-2-4-6-18)14(19)17-13-8-11(15)7-12(16)9-13/h7-10H,2-6H2,1H3,(H,17,19)/t10-/m1/s1. The van der Waals surface area contributed by atoms with E-state index in [4.69, 9.17) is 23.2 Å². The lowest BCUT2D eigenvalue weighted by Crippen LogP contribution is -2.44. The van der Waals surface area contributed by atoms with Crippen LogP contribution in [0.3, 0.4) is 0 Å². The van der Waals surface area contributed by atoms with Crippen LogP contribution in [0.15, 0.2) is 18.2 Å². The SMILES string of the molecule is C[C@H](C(=O)Nc1cc(Cl)cc(Cl)c1)N1CCCCC1. The summed E-state index contributed by atoms with van der Waals surface area (Å²) in [6.07, 6.45) is 3.59. The Hall–Kier alpha value is -0.770. The fourth-order valence-corrected chi connectivity index (χ4v) is 2.87. The summed E-state index contributed by atoms with van der Waals surface area (Å²) in [5, 5.41) is 3.91. The van der Waals surface area contributed by atoms with Gasteiger partial charge in [0.2, 0.25) is 5.91 Å². The number of likely N-dealkylation sites (tertiary alicyclic amines) is 1. The van der Waals surface area contributed by atoms with Gasteiger partial charge >= 0.3 is 0 Å². The van der Waals surface area contributed by atoms with Crippen molar-refractivity contribution in [3.8, 4) is 0 Å². The Morgan fingerprint density at radius 3 is 2.32 bits per heavy atom. The molecule has 2 rings (SSSR count). The number of carbonyl (C=O) groups is 1. The third kappa shape index (κ3) is 4.10. The maximum Gasteiger partial charge on any atom is 0.241 e. The molecule has 1 aliphatic heterocycles. The van der Waals surface area contributed by atoms with Crippen molar-refractivity contribution in [3.63, 3.8) is 0 Å². The maximum atomic E-state index is 12.2. The molecule has 1 N–H and O–H groups in total. The highest BCUT2D eigenvalue weighted by molar-refractivity contribution is 6.35. The average molecular weight is 301 g/mol. The molecule has 0 spiro atoms. The summed E-state index contributed by atoms with van der Waals surface area (Å²) in [4.78, 5) is 14.4. The number of rotatable bonds is 3. The molecule has 0 bridgehead atoms. The third-order valence-electron chi connectivity index (χ3n) is 3.45. The van der Waals surface area contributed by atoms with Crippen LogP contribution in [0.1, 0.15) is 26.2 Å². The van der Waals surface area contributed by atoms with Gasteiger partial charge in [0, 0.05) is 15.7 Å². The summed E-state index contributed by atoms with van der Waals surface area (Å²) >= 11 is 11.8. The number of nitrogens with one attached hydrogen (secondary N) is 1. The van der Waals surface area contributed by atoms with E-state index in [1.165, 1.54) is 19.3 Å². The monoisotopic (exact) mass is 300 g/mol. The molecule has 0 saturated carbocycles. The van der Waals surface area contributed by atoms with Gasteiger partial charge in [-0.3, -0.25) is 9.69 Å². The van der Waals surface area contributed by atoms with E-state index in [2.05, 4.69) is 10.2 Å². The zero-order valence-electron chi connectivity index (χ0n) is 11.0. The van der Waals surface area contributed by atoms with Gasteiger partial charge in [-0.1, -0.05) is 29.6 Å². The van der Waals surface area contributed by atoms with E-state index in [1.807, 2.05) is 6.92 Å². The van der Waals surface area contributed by atoms with Gasteiger partial charge in [0.25, 0.3) is 0 Å². The van der Waals surface area contributed by atoms with Crippen LogP contribution in [-0.2, 0) is 4.79 Å². The smallest absolute Gasteiger partial charge is 0.241 e. The fraction of sp³-hybridized carbons (Fsp3) is 0.500. The molecule has 19 heavy (non-hydrogen) atoms. The van der Waals surface area contributed by atoms with Gasteiger partial charge in [-0.05, 0) is 51.1 Å². The first kappa shape index (κ1) is 14.6. The van der Waals surface area contributed by atoms with Crippen LogP contribution in [0.4, 0.5) is 5.69 Å². The van der Waals surface area contributed by atoms with Crippen LogP contribution >= 0.6 is 23.2 Å². The zero-order chi connectivity index (χ0) is 13.8. The first-order valence-corrected chi connectivity index (χ1v) is 7.33. The highest BCUT2D eigenvalue weighted by atomic mass is 35.5. The molecule has 0 unspecified atom stereocenters. The normalized spacial score (nSPS) is 18.1. The Morgan fingerprint density at radius 1 is 1.16 bits per heavy atom. The second kappa shape index (κ2) is 6.60. The van der Waals surface area contributed by atoms with Crippen LogP contribution in [0, 0.1) is 0 Å².